The van der Waals surface area contributed by atoms with Crippen LogP contribution in [0.25, 0.3) is 0 Å². The summed E-state index contributed by atoms with van der Waals surface area (Å²) in [4.78, 5) is 12.3. The Balaban J connectivity index is 1.56. The number of hydrogen-bond acceptors (Lipinski definition) is 2. The number of carbonyl (C=O) groups excluding carboxylic acids is 1. The molecule has 3 heteroatoms. The van der Waals surface area contributed by atoms with Crippen LogP contribution >= 0.6 is 0 Å². The van der Waals surface area contributed by atoms with Crippen LogP contribution in [0.15, 0.2) is 24.3 Å². The molecule has 3 nitrogen and oxygen atoms in total. The van der Waals surface area contributed by atoms with Gasteiger partial charge in [0.2, 0.25) is 5.91 Å². The summed E-state index contributed by atoms with van der Waals surface area (Å²) in [6.45, 7) is 5.15. The van der Waals surface area contributed by atoms with Crippen molar-refractivity contribution >= 4 is 5.91 Å². The number of carbonyl (C=O) groups is 1. The van der Waals surface area contributed by atoms with E-state index in [1.54, 1.807) is 0 Å². The lowest BCUT2D eigenvalue weighted by atomic mass is 9.78. The van der Waals surface area contributed by atoms with Crippen LogP contribution < -0.4 is 10.6 Å². The Labute approximate surface area is 140 Å². The summed E-state index contributed by atoms with van der Waals surface area (Å²) in [6.07, 6.45) is 7.87. The first-order chi connectivity index (χ1) is 11.2. The Morgan fingerprint density at radius 3 is 2.87 bits per heavy atom. The minimum atomic E-state index is 0.163. The van der Waals surface area contributed by atoms with Crippen molar-refractivity contribution in [1.29, 1.82) is 0 Å². The molecule has 2 aliphatic rings. The van der Waals surface area contributed by atoms with Gasteiger partial charge in [-0.1, -0.05) is 42.7 Å². The SMILES string of the molecule is Cc1cccc(C2(CNC(=O)CCC3CCNC3)CCCC2)c1. The summed E-state index contributed by atoms with van der Waals surface area (Å²) in [7, 11) is 0. The number of rotatable bonds is 6. The quantitative estimate of drug-likeness (QED) is 0.846. The molecule has 2 fully saturated rings. The van der Waals surface area contributed by atoms with Crippen LogP contribution in [0.3, 0.4) is 0 Å². The van der Waals surface area contributed by atoms with E-state index in [-0.39, 0.29) is 11.3 Å². The Morgan fingerprint density at radius 2 is 2.17 bits per heavy atom. The predicted molar refractivity (Wildman–Crippen MR) is 94.5 cm³/mol. The minimum Gasteiger partial charge on any atom is -0.355 e. The van der Waals surface area contributed by atoms with E-state index in [9.17, 15) is 4.79 Å². The summed E-state index contributed by atoms with van der Waals surface area (Å²) >= 11 is 0. The maximum Gasteiger partial charge on any atom is 0.220 e. The Bertz CT molecular complexity index is 528. The largest absolute Gasteiger partial charge is 0.355 e. The number of aryl methyl sites for hydroxylation is 1. The molecule has 126 valence electrons. The average molecular weight is 314 g/mol. The summed E-state index contributed by atoms with van der Waals surface area (Å²) in [5, 5.41) is 6.62. The molecule has 1 aromatic rings. The Hall–Kier alpha value is -1.35. The van der Waals surface area contributed by atoms with Crippen molar-refractivity contribution < 1.29 is 4.79 Å². The van der Waals surface area contributed by atoms with Gasteiger partial charge >= 0.3 is 0 Å². The van der Waals surface area contributed by atoms with Gasteiger partial charge in [-0.2, -0.15) is 0 Å². The van der Waals surface area contributed by atoms with Gasteiger partial charge in [0.1, 0.15) is 0 Å². The average Bonchev–Trinajstić information content (AvgIpc) is 3.23. The zero-order valence-electron chi connectivity index (χ0n) is 14.4. The van der Waals surface area contributed by atoms with Crippen molar-refractivity contribution in [3.63, 3.8) is 0 Å². The number of hydrogen-bond donors (Lipinski definition) is 2. The standard InChI is InChI=1S/C20H30N2O/c1-16-5-4-6-18(13-16)20(10-2-3-11-20)15-22-19(23)8-7-17-9-12-21-14-17/h4-6,13,17,21H,2-3,7-12,14-15H2,1H3,(H,22,23). The third kappa shape index (κ3) is 4.14. The maximum absolute atomic E-state index is 12.3. The number of nitrogens with one attached hydrogen (secondary N) is 2. The van der Waals surface area contributed by atoms with Gasteiger partial charge in [0, 0.05) is 18.4 Å². The monoisotopic (exact) mass is 314 g/mol. The normalized spacial score (nSPS) is 23.1. The van der Waals surface area contributed by atoms with Gasteiger partial charge in [-0.05, 0) is 57.2 Å². The molecule has 1 amide bonds. The number of benzene rings is 1. The third-order valence-electron chi connectivity index (χ3n) is 5.76. The highest BCUT2D eigenvalue weighted by Crippen LogP contribution is 2.40. The van der Waals surface area contributed by atoms with Crippen molar-refractivity contribution in [2.24, 2.45) is 5.92 Å². The van der Waals surface area contributed by atoms with Crippen LogP contribution in [0, 0.1) is 12.8 Å². The smallest absolute Gasteiger partial charge is 0.220 e. The lowest BCUT2D eigenvalue weighted by molar-refractivity contribution is -0.121. The summed E-state index contributed by atoms with van der Waals surface area (Å²) in [5.74, 6) is 0.925. The van der Waals surface area contributed by atoms with Crippen LogP contribution in [0.1, 0.15) is 56.1 Å². The first kappa shape index (κ1) is 16.5. The second-order valence-electron chi connectivity index (χ2n) is 7.53. The molecule has 1 aliphatic heterocycles. The highest BCUT2D eigenvalue weighted by atomic mass is 16.1. The molecule has 0 bridgehead atoms. The molecule has 1 heterocycles. The molecule has 1 aliphatic carbocycles. The fraction of sp³-hybridized carbons (Fsp3) is 0.650. The van der Waals surface area contributed by atoms with Crippen LogP contribution in [0.5, 0.6) is 0 Å². The van der Waals surface area contributed by atoms with Gasteiger partial charge in [-0.3, -0.25) is 4.79 Å². The lowest BCUT2D eigenvalue weighted by Crippen LogP contribution is -2.39. The van der Waals surface area contributed by atoms with E-state index in [1.165, 1.54) is 43.2 Å². The third-order valence-corrected chi connectivity index (χ3v) is 5.76. The van der Waals surface area contributed by atoms with E-state index >= 15 is 0 Å². The summed E-state index contributed by atoms with van der Waals surface area (Å²) in [5.41, 5.74) is 2.89. The molecule has 0 spiro atoms. The summed E-state index contributed by atoms with van der Waals surface area (Å²) in [6, 6.07) is 8.86. The van der Waals surface area contributed by atoms with E-state index in [4.69, 9.17) is 0 Å². The fourth-order valence-corrected chi connectivity index (χ4v) is 4.25. The highest BCUT2D eigenvalue weighted by Gasteiger charge is 2.35. The van der Waals surface area contributed by atoms with E-state index in [0.29, 0.717) is 12.3 Å². The van der Waals surface area contributed by atoms with Gasteiger partial charge in [-0.15, -0.1) is 0 Å². The Kier molecular flexibility index (Phi) is 5.37. The minimum absolute atomic E-state index is 0.163. The van der Waals surface area contributed by atoms with Crippen molar-refractivity contribution in [2.75, 3.05) is 19.6 Å². The lowest BCUT2D eigenvalue weighted by Gasteiger charge is -2.30. The molecule has 1 saturated carbocycles. The molecule has 0 aromatic heterocycles. The van der Waals surface area contributed by atoms with Gasteiger partial charge in [0.15, 0.2) is 0 Å². The molecule has 0 radical (unpaired) electrons. The van der Waals surface area contributed by atoms with Crippen LogP contribution in [-0.2, 0) is 10.2 Å². The van der Waals surface area contributed by atoms with Crippen molar-refractivity contribution in [1.82, 2.24) is 10.6 Å². The van der Waals surface area contributed by atoms with E-state index in [1.807, 2.05) is 0 Å². The van der Waals surface area contributed by atoms with Crippen LogP contribution in [0.4, 0.5) is 0 Å². The molecule has 1 atom stereocenters. The molecule has 1 saturated heterocycles. The van der Waals surface area contributed by atoms with Gasteiger partial charge in [0.25, 0.3) is 0 Å². The topological polar surface area (TPSA) is 41.1 Å². The zero-order chi connectivity index (χ0) is 16.1. The van der Waals surface area contributed by atoms with E-state index < -0.39 is 0 Å². The summed E-state index contributed by atoms with van der Waals surface area (Å²) < 4.78 is 0. The first-order valence-corrected chi connectivity index (χ1v) is 9.23. The van der Waals surface area contributed by atoms with Gasteiger partial charge in [0.05, 0.1) is 0 Å². The van der Waals surface area contributed by atoms with E-state index in [2.05, 4.69) is 41.8 Å². The highest BCUT2D eigenvalue weighted by molar-refractivity contribution is 5.76. The molecule has 3 rings (SSSR count). The molecule has 23 heavy (non-hydrogen) atoms. The van der Waals surface area contributed by atoms with Crippen molar-refractivity contribution in [3.05, 3.63) is 35.4 Å². The molecular formula is C20H30N2O. The van der Waals surface area contributed by atoms with Gasteiger partial charge < -0.3 is 10.6 Å². The maximum atomic E-state index is 12.3. The second-order valence-corrected chi connectivity index (χ2v) is 7.53. The van der Waals surface area contributed by atoms with Crippen LogP contribution in [0.2, 0.25) is 0 Å². The predicted octanol–water partition coefficient (Wildman–Crippen LogP) is 3.31. The van der Waals surface area contributed by atoms with Gasteiger partial charge in [-0.25, -0.2) is 0 Å². The fourth-order valence-electron chi connectivity index (χ4n) is 4.25. The zero-order valence-corrected chi connectivity index (χ0v) is 14.4. The second kappa shape index (κ2) is 7.48. The van der Waals surface area contributed by atoms with Crippen molar-refractivity contribution in [3.8, 4) is 0 Å². The molecule has 1 unspecified atom stereocenters. The van der Waals surface area contributed by atoms with Crippen molar-refractivity contribution in [2.45, 2.75) is 57.3 Å². The molecule has 2 N–H and O–H groups in total. The number of amides is 1. The first-order valence-electron chi connectivity index (χ1n) is 9.23. The van der Waals surface area contributed by atoms with E-state index in [0.717, 1.165) is 26.1 Å². The van der Waals surface area contributed by atoms with Crippen LogP contribution in [-0.4, -0.2) is 25.5 Å². The Morgan fingerprint density at radius 1 is 1.35 bits per heavy atom. The molecule has 1 aromatic carbocycles. The molecular weight excluding hydrogens is 284 g/mol.